The first-order valence-corrected chi connectivity index (χ1v) is 9.19. The zero-order valence-electron chi connectivity index (χ0n) is 13.9. The molecule has 120 valence electrons. The molecule has 0 saturated heterocycles. The summed E-state index contributed by atoms with van der Waals surface area (Å²) in [4.78, 5) is 0. The van der Waals surface area contributed by atoms with Crippen molar-refractivity contribution in [2.24, 2.45) is 17.3 Å². The summed E-state index contributed by atoms with van der Waals surface area (Å²) >= 11 is 3.64. The third-order valence-corrected chi connectivity index (χ3v) is 5.66. The maximum atomic E-state index is 5.76. The summed E-state index contributed by atoms with van der Waals surface area (Å²) in [5, 5.41) is 3.71. The van der Waals surface area contributed by atoms with E-state index >= 15 is 0 Å². The van der Waals surface area contributed by atoms with Crippen molar-refractivity contribution in [1.29, 1.82) is 0 Å². The smallest absolute Gasteiger partial charge is 0.135 e. The molecular formula is C18H30BrNO. The van der Waals surface area contributed by atoms with Crippen molar-refractivity contribution in [3.05, 3.63) is 22.6 Å². The second-order valence-corrected chi connectivity index (χ2v) is 8.40. The average molecular weight is 356 g/mol. The molecule has 0 bridgehead atoms. The van der Waals surface area contributed by atoms with Crippen molar-refractivity contribution in [1.82, 2.24) is 5.32 Å². The van der Waals surface area contributed by atoms with Crippen molar-refractivity contribution < 1.29 is 4.42 Å². The van der Waals surface area contributed by atoms with Crippen molar-refractivity contribution in [3.63, 3.8) is 0 Å². The molecule has 1 aliphatic carbocycles. The molecule has 3 heteroatoms. The van der Waals surface area contributed by atoms with E-state index in [-0.39, 0.29) is 0 Å². The highest BCUT2D eigenvalue weighted by molar-refractivity contribution is 9.10. The molecule has 2 nitrogen and oxygen atoms in total. The molecule has 0 aliphatic heterocycles. The van der Waals surface area contributed by atoms with Crippen LogP contribution in [0.3, 0.4) is 0 Å². The van der Waals surface area contributed by atoms with Crippen LogP contribution in [-0.2, 0) is 0 Å². The maximum absolute atomic E-state index is 5.76. The van der Waals surface area contributed by atoms with E-state index in [4.69, 9.17) is 4.42 Å². The van der Waals surface area contributed by atoms with Gasteiger partial charge in [0.15, 0.2) is 0 Å². The van der Waals surface area contributed by atoms with Gasteiger partial charge in [0.1, 0.15) is 5.76 Å². The molecule has 1 fully saturated rings. The van der Waals surface area contributed by atoms with Crippen LogP contribution in [0.4, 0.5) is 0 Å². The molecule has 1 unspecified atom stereocenters. The van der Waals surface area contributed by atoms with Crippen LogP contribution in [0, 0.1) is 17.3 Å². The largest absolute Gasteiger partial charge is 0.466 e. The summed E-state index contributed by atoms with van der Waals surface area (Å²) in [6, 6.07) is 2.37. The van der Waals surface area contributed by atoms with Crippen LogP contribution < -0.4 is 5.32 Å². The lowest BCUT2D eigenvalue weighted by atomic mass is 9.68. The minimum Gasteiger partial charge on any atom is -0.466 e. The Morgan fingerprint density at radius 1 is 1.29 bits per heavy atom. The lowest BCUT2D eigenvalue weighted by Gasteiger charge is -2.39. The number of rotatable bonds is 5. The summed E-state index contributed by atoms with van der Waals surface area (Å²) in [7, 11) is 0. The van der Waals surface area contributed by atoms with Crippen molar-refractivity contribution in [2.45, 2.75) is 65.8 Å². The highest BCUT2D eigenvalue weighted by Crippen LogP contribution is 2.44. The molecule has 1 aliphatic rings. The van der Waals surface area contributed by atoms with Crippen LogP contribution in [-0.4, -0.2) is 6.54 Å². The van der Waals surface area contributed by atoms with Gasteiger partial charge in [-0.25, -0.2) is 0 Å². The van der Waals surface area contributed by atoms with E-state index in [2.05, 4.69) is 48.9 Å². The Morgan fingerprint density at radius 2 is 1.95 bits per heavy atom. The van der Waals surface area contributed by atoms with Crippen LogP contribution in [0.25, 0.3) is 0 Å². The van der Waals surface area contributed by atoms with Gasteiger partial charge in [-0.3, -0.25) is 0 Å². The topological polar surface area (TPSA) is 25.2 Å². The van der Waals surface area contributed by atoms with Crippen molar-refractivity contribution >= 4 is 15.9 Å². The van der Waals surface area contributed by atoms with Gasteiger partial charge in [-0.05, 0) is 77.9 Å². The molecule has 1 N–H and O–H groups in total. The number of halogens is 1. The molecule has 1 heterocycles. The van der Waals surface area contributed by atoms with Gasteiger partial charge < -0.3 is 9.73 Å². The van der Waals surface area contributed by atoms with E-state index in [0.29, 0.717) is 17.4 Å². The van der Waals surface area contributed by atoms with Gasteiger partial charge in [0.2, 0.25) is 0 Å². The van der Waals surface area contributed by atoms with Crippen LogP contribution >= 0.6 is 15.9 Å². The molecule has 21 heavy (non-hydrogen) atoms. The summed E-state index contributed by atoms with van der Waals surface area (Å²) in [5.41, 5.74) is 0.447. The van der Waals surface area contributed by atoms with E-state index < -0.39 is 0 Å². The van der Waals surface area contributed by atoms with Gasteiger partial charge in [0.05, 0.1) is 16.8 Å². The molecule has 0 aromatic carbocycles. The van der Waals surface area contributed by atoms with E-state index in [0.717, 1.165) is 29.1 Å². The summed E-state index contributed by atoms with van der Waals surface area (Å²) < 4.78 is 6.87. The lowest BCUT2D eigenvalue weighted by molar-refractivity contribution is 0.127. The molecule has 1 aromatic rings. The van der Waals surface area contributed by atoms with Crippen LogP contribution in [0.15, 0.2) is 21.2 Å². The first-order valence-electron chi connectivity index (χ1n) is 8.39. The van der Waals surface area contributed by atoms with E-state index in [1.165, 1.54) is 25.7 Å². The normalized spacial score (nSPS) is 25.0. The lowest BCUT2D eigenvalue weighted by Crippen LogP contribution is -2.34. The second kappa shape index (κ2) is 7.32. The molecule has 1 atom stereocenters. The van der Waals surface area contributed by atoms with Crippen molar-refractivity contribution in [2.75, 3.05) is 6.54 Å². The zero-order valence-corrected chi connectivity index (χ0v) is 15.5. The van der Waals surface area contributed by atoms with Crippen LogP contribution in [0.1, 0.15) is 71.6 Å². The minimum absolute atomic E-state index is 0.357. The first kappa shape index (κ1) is 17.1. The predicted molar refractivity (Wildman–Crippen MR) is 92.3 cm³/mol. The molecule has 0 radical (unpaired) electrons. The minimum atomic E-state index is 0.357. The first-order chi connectivity index (χ1) is 9.93. The van der Waals surface area contributed by atoms with Crippen molar-refractivity contribution in [3.8, 4) is 0 Å². The molecular weight excluding hydrogens is 326 g/mol. The number of hydrogen-bond acceptors (Lipinski definition) is 2. The Balaban J connectivity index is 2.04. The van der Waals surface area contributed by atoms with E-state index in [9.17, 15) is 0 Å². The third-order valence-electron chi connectivity index (χ3n) is 5.01. The summed E-state index contributed by atoms with van der Waals surface area (Å²) in [6.07, 6.45) is 8.24. The highest BCUT2D eigenvalue weighted by Gasteiger charge is 2.34. The maximum Gasteiger partial charge on any atom is 0.135 e. The fourth-order valence-electron chi connectivity index (χ4n) is 3.62. The van der Waals surface area contributed by atoms with Gasteiger partial charge in [-0.1, -0.05) is 27.7 Å². The predicted octanol–water partition coefficient (Wildman–Crippen LogP) is 5.94. The zero-order chi connectivity index (χ0) is 15.5. The van der Waals surface area contributed by atoms with E-state index in [1.807, 2.05) is 6.07 Å². The SMILES string of the molecule is CCCNC(c1occc1Br)C1CCC(C(C)(C)C)CC1. The Hall–Kier alpha value is -0.280. The third kappa shape index (κ3) is 4.35. The molecule has 0 amide bonds. The second-order valence-electron chi connectivity index (χ2n) is 7.54. The van der Waals surface area contributed by atoms with E-state index in [1.54, 1.807) is 6.26 Å². The van der Waals surface area contributed by atoms with Crippen LogP contribution in [0.2, 0.25) is 0 Å². The Labute approximate surface area is 138 Å². The molecule has 2 rings (SSSR count). The Morgan fingerprint density at radius 3 is 2.43 bits per heavy atom. The summed E-state index contributed by atoms with van der Waals surface area (Å²) in [6.45, 7) is 10.4. The number of hydrogen-bond donors (Lipinski definition) is 1. The average Bonchev–Trinajstić information content (AvgIpc) is 2.85. The van der Waals surface area contributed by atoms with Gasteiger partial charge >= 0.3 is 0 Å². The van der Waals surface area contributed by atoms with Gasteiger partial charge in [-0.2, -0.15) is 0 Å². The fraction of sp³-hybridized carbons (Fsp3) is 0.778. The number of furan rings is 1. The van der Waals surface area contributed by atoms with Gasteiger partial charge in [0, 0.05) is 0 Å². The van der Waals surface area contributed by atoms with Gasteiger partial charge in [-0.15, -0.1) is 0 Å². The quantitative estimate of drug-likeness (QED) is 0.707. The fourth-order valence-corrected chi connectivity index (χ4v) is 4.07. The Bertz CT molecular complexity index is 427. The summed E-state index contributed by atoms with van der Waals surface area (Å²) in [5.74, 6) is 2.64. The molecule has 0 spiro atoms. The monoisotopic (exact) mass is 355 g/mol. The highest BCUT2D eigenvalue weighted by atomic mass is 79.9. The van der Waals surface area contributed by atoms with Crippen LogP contribution in [0.5, 0.6) is 0 Å². The standard InChI is InChI=1S/C18H30BrNO/c1-5-11-20-16(17-15(19)10-12-21-17)13-6-8-14(9-7-13)18(2,3)4/h10,12-14,16,20H,5-9,11H2,1-4H3. The number of nitrogens with one attached hydrogen (secondary N) is 1. The molecule has 1 saturated carbocycles. The van der Waals surface area contributed by atoms with Gasteiger partial charge in [0.25, 0.3) is 0 Å². The Kier molecular flexibility index (Phi) is 5.96. The molecule has 1 aromatic heterocycles.